The van der Waals surface area contributed by atoms with Gasteiger partial charge in [0.25, 0.3) is 0 Å². The highest BCUT2D eigenvalue weighted by Gasteiger charge is 1.83. The van der Waals surface area contributed by atoms with Crippen LogP contribution < -0.4 is 0 Å². The fourth-order valence-electron chi connectivity index (χ4n) is 0.722. The second-order valence-corrected chi connectivity index (χ2v) is 1.94. The lowest BCUT2D eigenvalue weighted by molar-refractivity contribution is 0.976. The number of hydrogen-bond acceptors (Lipinski definition) is 0. The van der Waals surface area contributed by atoms with Gasteiger partial charge in [-0.25, -0.2) is 0 Å². The van der Waals surface area contributed by atoms with Crippen molar-refractivity contribution in [3.8, 4) is 0 Å². The van der Waals surface area contributed by atoms with Crippen molar-refractivity contribution in [2.24, 2.45) is 0 Å². The highest BCUT2D eigenvalue weighted by atomic mass is 14.9. The van der Waals surface area contributed by atoms with Crippen LogP contribution in [0.1, 0.15) is 13.3 Å². The maximum atomic E-state index is 4.19. The molecule has 0 spiro atoms. The van der Waals surface area contributed by atoms with Gasteiger partial charge in [-0.3, -0.25) is 0 Å². The average molecular weight is 96.2 g/mol. The lowest BCUT2D eigenvalue weighted by Crippen LogP contribution is -1.95. The highest BCUT2D eigenvalue weighted by Crippen LogP contribution is 2.07. The van der Waals surface area contributed by atoms with E-state index in [-0.39, 0.29) is 0 Å². The fraction of sp³-hybridized carbons (Fsp3) is 0.667. The Hall–Kier alpha value is -0.300. The van der Waals surface area contributed by atoms with E-state index in [1.54, 1.807) is 0 Å². The zero-order chi connectivity index (χ0) is 5.11. The minimum Gasteiger partial charge on any atom is -0.659 e. The van der Waals surface area contributed by atoms with Crippen molar-refractivity contribution < 1.29 is 0 Å². The van der Waals surface area contributed by atoms with E-state index in [9.17, 15) is 0 Å². The Bertz CT molecular complexity index is 84.2. The SMILES string of the molecule is CC1=CCC[N-]C1. The maximum absolute atomic E-state index is 4.19. The van der Waals surface area contributed by atoms with E-state index in [4.69, 9.17) is 0 Å². The van der Waals surface area contributed by atoms with Crippen LogP contribution >= 0.6 is 0 Å². The zero-order valence-corrected chi connectivity index (χ0v) is 4.65. The number of rotatable bonds is 0. The molecule has 0 amide bonds. The largest absolute Gasteiger partial charge is 0.659 e. The summed E-state index contributed by atoms with van der Waals surface area (Å²) in [6.45, 7) is 4.14. The number of nitrogens with zero attached hydrogens (tertiary/aromatic N) is 1. The Morgan fingerprint density at radius 3 is 2.86 bits per heavy atom. The van der Waals surface area contributed by atoms with E-state index in [1.807, 2.05) is 0 Å². The molecule has 0 N–H and O–H groups in total. The summed E-state index contributed by atoms with van der Waals surface area (Å²) >= 11 is 0. The molecule has 0 aliphatic carbocycles. The summed E-state index contributed by atoms with van der Waals surface area (Å²) in [6, 6.07) is 0. The molecule has 0 saturated carbocycles. The number of hydrogen-bond donors (Lipinski definition) is 0. The van der Waals surface area contributed by atoms with Gasteiger partial charge in [0.05, 0.1) is 0 Å². The van der Waals surface area contributed by atoms with Crippen molar-refractivity contribution in [2.75, 3.05) is 13.1 Å². The third-order valence-corrected chi connectivity index (χ3v) is 1.14. The lowest BCUT2D eigenvalue weighted by atomic mass is 10.2. The summed E-state index contributed by atoms with van der Waals surface area (Å²) in [4.78, 5) is 0. The van der Waals surface area contributed by atoms with E-state index in [0.29, 0.717) is 0 Å². The summed E-state index contributed by atoms with van der Waals surface area (Å²) in [7, 11) is 0. The maximum Gasteiger partial charge on any atom is -0.0457 e. The molecule has 1 aliphatic heterocycles. The van der Waals surface area contributed by atoms with Gasteiger partial charge in [-0.05, 0) is 6.92 Å². The highest BCUT2D eigenvalue weighted by molar-refractivity contribution is 5.12. The van der Waals surface area contributed by atoms with Gasteiger partial charge in [0, 0.05) is 0 Å². The summed E-state index contributed by atoms with van der Waals surface area (Å²) in [6.07, 6.45) is 3.42. The van der Waals surface area contributed by atoms with Crippen molar-refractivity contribution in [3.05, 3.63) is 17.0 Å². The molecule has 1 nitrogen and oxygen atoms in total. The van der Waals surface area contributed by atoms with Crippen LogP contribution in [0.15, 0.2) is 11.6 Å². The molecule has 0 aromatic heterocycles. The van der Waals surface area contributed by atoms with E-state index in [0.717, 1.165) is 19.5 Å². The molecule has 1 heteroatoms. The van der Waals surface area contributed by atoms with Crippen molar-refractivity contribution in [1.82, 2.24) is 0 Å². The van der Waals surface area contributed by atoms with Crippen LogP contribution in [-0.2, 0) is 0 Å². The standard InChI is InChI=1S/C6H10N/c1-6-3-2-4-7-5-6/h3H,2,4-5H2,1H3/q-1. The molecule has 0 radical (unpaired) electrons. The zero-order valence-electron chi connectivity index (χ0n) is 4.65. The quantitative estimate of drug-likeness (QED) is 0.407. The molecule has 0 unspecified atom stereocenters. The van der Waals surface area contributed by atoms with Gasteiger partial charge in [-0.1, -0.05) is 18.1 Å². The third kappa shape index (κ3) is 1.32. The van der Waals surface area contributed by atoms with Gasteiger partial charge in [0.15, 0.2) is 0 Å². The first-order valence-corrected chi connectivity index (χ1v) is 2.68. The Morgan fingerprint density at radius 2 is 2.57 bits per heavy atom. The van der Waals surface area contributed by atoms with Crippen LogP contribution in [0.25, 0.3) is 5.32 Å². The Kier molecular flexibility index (Phi) is 1.47. The molecule has 0 saturated heterocycles. The van der Waals surface area contributed by atoms with Crippen molar-refractivity contribution >= 4 is 0 Å². The van der Waals surface area contributed by atoms with Crippen molar-refractivity contribution in [1.29, 1.82) is 0 Å². The molecule has 7 heavy (non-hydrogen) atoms. The van der Waals surface area contributed by atoms with E-state index in [2.05, 4.69) is 18.3 Å². The molecule has 1 heterocycles. The van der Waals surface area contributed by atoms with Crippen LogP contribution in [0.3, 0.4) is 0 Å². The Morgan fingerprint density at radius 1 is 1.71 bits per heavy atom. The van der Waals surface area contributed by atoms with Crippen molar-refractivity contribution in [3.63, 3.8) is 0 Å². The molecule has 0 bridgehead atoms. The van der Waals surface area contributed by atoms with Crippen LogP contribution in [-0.4, -0.2) is 13.1 Å². The van der Waals surface area contributed by atoms with Gasteiger partial charge < -0.3 is 5.32 Å². The van der Waals surface area contributed by atoms with Crippen LogP contribution in [0.5, 0.6) is 0 Å². The second kappa shape index (κ2) is 2.12. The molecule has 1 rings (SSSR count). The van der Waals surface area contributed by atoms with Gasteiger partial charge >= 0.3 is 0 Å². The molecule has 0 fully saturated rings. The Balaban J connectivity index is 2.40. The van der Waals surface area contributed by atoms with Gasteiger partial charge in [0.1, 0.15) is 0 Å². The predicted molar refractivity (Wildman–Crippen MR) is 31.5 cm³/mol. The first-order chi connectivity index (χ1) is 3.39. The summed E-state index contributed by atoms with van der Waals surface area (Å²) in [5, 5.41) is 4.19. The summed E-state index contributed by atoms with van der Waals surface area (Å²) in [5.74, 6) is 0. The molecular weight excluding hydrogens is 86.1 g/mol. The van der Waals surface area contributed by atoms with E-state index >= 15 is 0 Å². The van der Waals surface area contributed by atoms with E-state index in [1.165, 1.54) is 5.57 Å². The normalized spacial score (nSPS) is 21.6. The second-order valence-electron chi connectivity index (χ2n) is 1.94. The third-order valence-electron chi connectivity index (χ3n) is 1.14. The minimum absolute atomic E-state index is 0.972. The van der Waals surface area contributed by atoms with Crippen LogP contribution in [0, 0.1) is 0 Å². The van der Waals surface area contributed by atoms with Gasteiger partial charge in [-0.2, -0.15) is 0 Å². The molecule has 1 aliphatic rings. The lowest BCUT2D eigenvalue weighted by Gasteiger charge is -2.23. The van der Waals surface area contributed by atoms with E-state index < -0.39 is 0 Å². The fourth-order valence-corrected chi connectivity index (χ4v) is 0.722. The summed E-state index contributed by atoms with van der Waals surface area (Å²) < 4.78 is 0. The first-order valence-electron chi connectivity index (χ1n) is 2.68. The molecule has 40 valence electrons. The van der Waals surface area contributed by atoms with Gasteiger partial charge in [0.2, 0.25) is 0 Å². The first kappa shape index (κ1) is 4.85. The van der Waals surface area contributed by atoms with Gasteiger partial charge in [-0.15, -0.1) is 13.1 Å². The predicted octanol–water partition coefficient (Wildman–Crippen LogP) is 1.71. The molecule has 0 aromatic carbocycles. The molecule has 0 atom stereocenters. The van der Waals surface area contributed by atoms with Crippen molar-refractivity contribution in [2.45, 2.75) is 13.3 Å². The van der Waals surface area contributed by atoms with Crippen LogP contribution in [0.4, 0.5) is 0 Å². The molecular formula is C6H10N-. The monoisotopic (exact) mass is 96.1 g/mol. The minimum atomic E-state index is 0.972. The average Bonchev–Trinajstić information content (AvgIpc) is 1.69. The Labute approximate surface area is 44.4 Å². The smallest absolute Gasteiger partial charge is 0.0457 e. The van der Waals surface area contributed by atoms with Crippen LogP contribution in [0.2, 0.25) is 0 Å². The summed E-state index contributed by atoms with van der Waals surface area (Å²) in [5.41, 5.74) is 1.42. The topological polar surface area (TPSA) is 14.1 Å². The molecule has 0 aromatic rings.